The van der Waals surface area contributed by atoms with E-state index in [9.17, 15) is 10.1 Å². The maximum atomic E-state index is 11.6. The Morgan fingerprint density at radius 1 is 1.08 bits per heavy atom. The van der Waals surface area contributed by atoms with Crippen LogP contribution >= 0.6 is 11.6 Å². The van der Waals surface area contributed by atoms with Crippen molar-refractivity contribution in [2.24, 2.45) is 0 Å². The van der Waals surface area contributed by atoms with Crippen LogP contribution < -0.4 is 10.6 Å². The van der Waals surface area contributed by atoms with Crippen molar-refractivity contribution in [1.82, 2.24) is 15.0 Å². The lowest BCUT2D eigenvalue weighted by atomic mass is 10.1. The lowest BCUT2D eigenvalue weighted by Crippen LogP contribution is -2.20. The van der Waals surface area contributed by atoms with E-state index >= 15 is 0 Å². The van der Waals surface area contributed by atoms with Gasteiger partial charge in [0.15, 0.2) is 0 Å². The van der Waals surface area contributed by atoms with E-state index in [0.717, 1.165) is 25.7 Å². The minimum Gasteiger partial charge on any atom is -0.361 e. The molecule has 0 aromatic carbocycles. The zero-order valence-corrected chi connectivity index (χ0v) is 14.4. The highest BCUT2D eigenvalue weighted by Crippen LogP contribution is 2.32. The van der Waals surface area contributed by atoms with Gasteiger partial charge in [0.25, 0.3) is 0 Å². The molecule has 2 N–H and O–H groups in total. The molecule has 0 bridgehead atoms. The average molecular weight is 363 g/mol. The van der Waals surface area contributed by atoms with Crippen LogP contribution in [0.15, 0.2) is 24.7 Å². The first kappa shape index (κ1) is 17.3. The largest absolute Gasteiger partial charge is 0.361 e. The predicted octanol–water partition coefficient (Wildman–Crippen LogP) is 4.31. The number of nitro groups is 1. The van der Waals surface area contributed by atoms with Gasteiger partial charge in [-0.25, -0.2) is 15.0 Å². The molecule has 8 nitrogen and oxygen atoms in total. The van der Waals surface area contributed by atoms with Crippen LogP contribution in [-0.4, -0.2) is 25.9 Å². The third-order valence-corrected chi connectivity index (χ3v) is 4.40. The Hall–Kier alpha value is -2.48. The fraction of sp³-hybridized carbons (Fsp3) is 0.438. The standard InChI is InChI=1S/C16H19ClN6O2/c17-11-7-8-13(18-9-11)22-16-14(23(24)25)15(19-10-20-16)21-12-5-3-1-2-4-6-12/h7-10,12H,1-6H2,(H2,18,19,20,21,22). The molecule has 3 rings (SSSR count). The van der Waals surface area contributed by atoms with Crippen LogP contribution in [0.5, 0.6) is 0 Å². The van der Waals surface area contributed by atoms with Crippen molar-refractivity contribution in [3.8, 4) is 0 Å². The van der Waals surface area contributed by atoms with E-state index in [2.05, 4.69) is 25.6 Å². The first-order valence-electron chi connectivity index (χ1n) is 8.28. The summed E-state index contributed by atoms with van der Waals surface area (Å²) < 4.78 is 0. The number of nitrogens with one attached hydrogen (secondary N) is 2. The molecule has 1 fully saturated rings. The van der Waals surface area contributed by atoms with Gasteiger partial charge in [-0.2, -0.15) is 0 Å². The normalized spacial score (nSPS) is 15.4. The molecule has 1 aliphatic rings. The first-order chi connectivity index (χ1) is 12.1. The number of halogens is 1. The van der Waals surface area contributed by atoms with Crippen LogP contribution in [-0.2, 0) is 0 Å². The highest BCUT2D eigenvalue weighted by Gasteiger charge is 2.25. The third-order valence-electron chi connectivity index (χ3n) is 4.17. The lowest BCUT2D eigenvalue weighted by molar-refractivity contribution is -0.383. The van der Waals surface area contributed by atoms with Crippen molar-refractivity contribution in [3.05, 3.63) is 39.8 Å². The number of anilines is 3. The van der Waals surface area contributed by atoms with E-state index in [1.54, 1.807) is 12.1 Å². The second-order valence-corrected chi connectivity index (χ2v) is 6.43. The molecule has 1 saturated carbocycles. The maximum Gasteiger partial charge on any atom is 0.353 e. The molecule has 0 atom stereocenters. The van der Waals surface area contributed by atoms with Crippen molar-refractivity contribution < 1.29 is 4.92 Å². The van der Waals surface area contributed by atoms with Gasteiger partial charge >= 0.3 is 5.69 Å². The molecule has 0 saturated heterocycles. The summed E-state index contributed by atoms with van der Waals surface area (Å²) in [7, 11) is 0. The van der Waals surface area contributed by atoms with E-state index in [1.807, 2.05) is 0 Å². The Kier molecular flexibility index (Phi) is 5.60. The molecule has 0 spiro atoms. The van der Waals surface area contributed by atoms with Crippen LogP contribution in [0.25, 0.3) is 0 Å². The number of aromatic nitrogens is 3. The average Bonchev–Trinajstić information content (AvgIpc) is 2.85. The van der Waals surface area contributed by atoms with Crippen molar-refractivity contribution in [1.29, 1.82) is 0 Å². The SMILES string of the molecule is O=[N+]([O-])c1c(Nc2ccc(Cl)cn2)ncnc1NC1CCCCCC1. The molecule has 2 aromatic rings. The molecule has 1 aliphatic carbocycles. The van der Waals surface area contributed by atoms with Crippen molar-refractivity contribution in [2.75, 3.05) is 10.6 Å². The highest BCUT2D eigenvalue weighted by atomic mass is 35.5. The van der Waals surface area contributed by atoms with Gasteiger partial charge in [0.2, 0.25) is 11.6 Å². The zero-order chi connectivity index (χ0) is 17.6. The van der Waals surface area contributed by atoms with Gasteiger partial charge in [-0.15, -0.1) is 0 Å². The molecule has 2 aromatic heterocycles. The molecule has 0 aliphatic heterocycles. The van der Waals surface area contributed by atoms with Crippen molar-refractivity contribution in [2.45, 2.75) is 44.6 Å². The summed E-state index contributed by atoms with van der Waals surface area (Å²) in [5, 5.41) is 18.2. The van der Waals surface area contributed by atoms with Gasteiger partial charge in [-0.3, -0.25) is 10.1 Å². The van der Waals surface area contributed by atoms with Gasteiger partial charge in [0, 0.05) is 12.2 Å². The van der Waals surface area contributed by atoms with Crippen LogP contribution in [0.4, 0.5) is 23.1 Å². The Bertz CT molecular complexity index is 732. The van der Waals surface area contributed by atoms with Crippen LogP contribution in [0.3, 0.4) is 0 Å². The number of pyridine rings is 1. The summed E-state index contributed by atoms with van der Waals surface area (Å²) in [5.74, 6) is 0.765. The summed E-state index contributed by atoms with van der Waals surface area (Å²) in [6.07, 6.45) is 9.40. The quantitative estimate of drug-likeness (QED) is 0.463. The second-order valence-electron chi connectivity index (χ2n) is 6.00. The van der Waals surface area contributed by atoms with Gasteiger partial charge in [-0.05, 0) is 25.0 Å². The molecular weight excluding hydrogens is 344 g/mol. The summed E-state index contributed by atoms with van der Waals surface area (Å²) >= 11 is 5.81. The Balaban J connectivity index is 1.85. The van der Waals surface area contributed by atoms with Gasteiger partial charge in [0.05, 0.1) is 9.95 Å². The Morgan fingerprint density at radius 2 is 1.80 bits per heavy atom. The topological polar surface area (TPSA) is 106 Å². The molecule has 0 unspecified atom stereocenters. The third kappa shape index (κ3) is 4.54. The van der Waals surface area contributed by atoms with E-state index < -0.39 is 4.92 Å². The molecular formula is C16H19ClN6O2. The van der Waals surface area contributed by atoms with Gasteiger partial charge < -0.3 is 10.6 Å². The summed E-state index contributed by atoms with van der Waals surface area (Å²) in [6.45, 7) is 0. The van der Waals surface area contributed by atoms with Crippen LogP contribution in [0.2, 0.25) is 5.02 Å². The summed E-state index contributed by atoms with van der Waals surface area (Å²) in [5.41, 5.74) is -0.177. The van der Waals surface area contributed by atoms with E-state index in [1.165, 1.54) is 25.4 Å². The lowest BCUT2D eigenvalue weighted by Gasteiger charge is -2.17. The molecule has 0 amide bonds. The molecule has 9 heteroatoms. The number of rotatable bonds is 5. The number of hydrogen-bond acceptors (Lipinski definition) is 7. The fourth-order valence-electron chi connectivity index (χ4n) is 2.94. The predicted molar refractivity (Wildman–Crippen MR) is 96.3 cm³/mol. The molecule has 132 valence electrons. The number of hydrogen-bond donors (Lipinski definition) is 2. The first-order valence-corrected chi connectivity index (χ1v) is 8.66. The van der Waals surface area contributed by atoms with Gasteiger partial charge in [0.1, 0.15) is 12.1 Å². The Labute approximate surface area is 150 Å². The zero-order valence-electron chi connectivity index (χ0n) is 13.6. The van der Waals surface area contributed by atoms with Crippen molar-refractivity contribution in [3.63, 3.8) is 0 Å². The monoisotopic (exact) mass is 362 g/mol. The smallest absolute Gasteiger partial charge is 0.353 e. The summed E-state index contributed by atoms with van der Waals surface area (Å²) in [6, 6.07) is 3.47. The van der Waals surface area contributed by atoms with Crippen LogP contribution in [0, 0.1) is 10.1 Å². The molecule has 25 heavy (non-hydrogen) atoms. The van der Waals surface area contributed by atoms with E-state index in [-0.39, 0.29) is 23.4 Å². The second kappa shape index (κ2) is 8.06. The minimum atomic E-state index is -0.475. The molecule has 2 heterocycles. The van der Waals surface area contributed by atoms with Crippen molar-refractivity contribution >= 4 is 34.7 Å². The Morgan fingerprint density at radius 3 is 2.44 bits per heavy atom. The van der Waals surface area contributed by atoms with Crippen LogP contribution in [0.1, 0.15) is 38.5 Å². The summed E-state index contributed by atoms with van der Waals surface area (Å²) in [4.78, 5) is 23.3. The minimum absolute atomic E-state index is 0.103. The fourth-order valence-corrected chi connectivity index (χ4v) is 3.05. The number of nitrogens with zero attached hydrogens (tertiary/aromatic N) is 4. The van der Waals surface area contributed by atoms with Gasteiger partial charge in [-0.1, -0.05) is 37.3 Å². The maximum absolute atomic E-state index is 11.6. The highest BCUT2D eigenvalue weighted by molar-refractivity contribution is 6.30. The molecule has 0 radical (unpaired) electrons. The van der Waals surface area contributed by atoms with E-state index in [0.29, 0.717) is 10.8 Å². The van der Waals surface area contributed by atoms with E-state index in [4.69, 9.17) is 11.6 Å².